The second-order valence-corrected chi connectivity index (χ2v) is 12.7. The number of fused-ring (bicyclic) bond motifs is 1. The van der Waals surface area contributed by atoms with Crippen LogP contribution < -0.4 is 0 Å². The zero-order valence-corrected chi connectivity index (χ0v) is 18.1. The zero-order valence-electron chi connectivity index (χ0n) is 17.1. The van der Waals surface area contributed by atoms with Crippen LogP contribution in [0.5, 0.6) is 0 Å². The van der Waals surface area contributed by atoms with E-state index in [4.69, 9.17) is 4.43 Å². The van der Waals surface area contributed by atoms with E-state index in [1.807, 2.05) is 20.8 Å². The first-order valence-corrected chi connectivity index (χ1v) is 12.4. The lowest BCUT2D eigenvalue weighted by Crippen LogP contribution is -2.44. The van der Waals surface area contributed by atoms with Crippen LogP contribution >= 0.6 is 0 Å². The number of hydrogen-bond acceptors (Lipinski definition) is 4. The SMILES string of the molecule is CC[Si](CC)(CC)OC(=O)[C@@]1(C)Cc2cc(C)c(CCO)c(C)c2C1O. The van der Waals surface area contributed by atoms with Crippen molar-refractivity contribution in [3.8, 4) is 0 Å². The summed E-state index contributed by atoms with van der Waals surface area (Å²) in [6.45, 7) is 12.2. The molecule has 1 aliphatic rings. The van der Waals surface area contributed by atoms with Gasteiger partial charge in [0.2, 0.25) is 0 Å². The number of carbonyl (C=O) groups is 1. The van der Waals surface area contributed by atoms with E-state index in [2.05, 4.69) is 26.8 Å². The van der Waals surface area contributed by atoms with Crippen molar-refractivity contribution in [2.45, 2.75) is 78.6 Å². The van der Waals surface area contributed by atoms with Gasteiger partial charge in [-0.15, -0.1) is 0 Å². The first-order chi connectivity index (χ1) is 12.2. The molecule has 0 aliphatic heterocycles. The Morgan fingerprint density at radius 1 is 1.27 bits per heavy atom. The molecule has 0 heterocycles. The molecule has 0 fully saturated rings. The molecule has 0 spiro atoms. The Kier molecular flexibility index (Phi) is 6.36. The van der Waals surface area contributed by atoms with Crippen molar-refractivity contribution in [3.05, 3.63) is 33.9 Å². The fraction of sp³-hybridized carbons (Fsp3) is 0.667. The summed E-state index contributed by atoms with van der Waals surface area (Å²) in [7, 11) is -2.07. The van der Waals surface area contributed by atoms with Gasteiger partial charge >= 0.3 is 5.97 Å². The standard InChI is InChI=1S/C21H34O4Si/c1-7-26(8-2,9-3)25-20(24)21(6)13-16-12-14(4)17(10-11-22)15(5)18(16)19(21)23/h12,19,22-23H,7-11,13H2,1-6H3/t19?,21-/m0/s1. The van der Waals surface area contributed by atoms with Crippen molar-refractivity contribution < 1.29 is 19.4 Å². The third-order valence-corrected chi connectivity index (χ3v) is 11.1. The van der Waals surface area contributed by atoms with E-state index in [0.717, 1.165) is 45.9 Å². The summed E-state index contributed by atoms with van der Waals surface area (Å²) in [5, 5.41) is 20.5. The fourth-order valence-electron chi connectivity index (χ4n) is 4.42. The quantitative estimate of drug-likeness (QED) is 0.704. The van der Waals surface area contributed by atoms with Gasteiger partial charge in [0.1, 0.15) is 0 Å². The van der Waals surface area contributed by atoms with Crippen LogP contribution in [0, 0.1) is 19.3 Å². The van der Waals surface area contributed by atoms with Gasteiger partial charge in [0.15, 0.2) is 0 Å². The molecule has 1 unspecified atom stereocenters. The van der Waals surface area contributed by atoms with E-state index >= 15 is 0 Å². The van der Waals surface area contributed by atoms with Crippen LogP contribution in [0.4, 0.5) is 0 Å². The highest BCUT2D eigenvalue weighted by atomic mass is 28.4. The predicted octanol–water partition coefficient (Wildman–Crippen LogP) is 3.98. The van der Waals surface area contributed by atoms with Crippen LogP contribution in [0.15, 0.2) is 6.07 Å². The topological polar surface area (TPSA) is 66.8 Å². The molecule has 5 heteroatoms. The maximum Gasteiger partial charge on any atom is 0.301 e. The third kappa shape index (κ3) is 3.37. The van der Waals surface area contributed by atoms with Gasteiger partial charge in [-0.05, 0) is 79.6 Å². The minimum atomic E-state index is -2.07. The summed E-state index contributed by atoms with van der Waals surface area (Å²) >= 11 is 0. The predicted molar refractivity (Wildman–Crippen MR) is 107 cm³/mol. The Bertz CT molecular complexity index is 673. The first kappa shape index (κ1) is 21.1. The molecule has 0 radical (unpaired) electrons. The molecule has 1 aromatic carbocycles. The van der Waals surface area contributed by atoms with Crippen molar-refractivity contribution in [3.63, 3.8) is 0 Å². The number of carbonyl (C=O) groups excluding carboxylic acids is 1. The number of hydrogen-bond donors (Lipinski definition) is 2. The Hall–Kier alpha value is -1.17. The van der Waals surface area contributed by atoms with E-state index in [9.17, 15) is 15.0 Å². The molecular weight excluding hydrogens is 344 g/mol. The molecule has 0 bridgehead atoms. The highest BCUT2D eigenvalue weighted by molar-refractivity contribution is 6.75. The van der Waals surface area contributed by atoms with Crippen LogP contribution in [0.3, 0.4) is 0 Å². The van der Waals surface area contributed by atoms with Gasteiger partial charge in [0, 0.05) is 6.61 Å². The van der Waals surface area contributed by atoms with Gasteiger partial charge in [-0.3, -0.25) is 4.79 Å². The molecule has 146 valence electrons. The molecule has 0 amide bonds. The van der Waals surface area contributed by atoms with Crippen molar-refractivity contribution >= 4 is 14.3 Å². The minimum absolute atomic E-state index is 0.0769. The average Bonchev–Trinajstić information content (AvgIpc) is 2.88. The number of aryl methyl sites for hydroxylation is 1. The van der Waals surface area contributed by atoms with E-state index in [0.29, 0.717) is 12.8 Å². The summed E-state index contributed by atoms with van der Waals surface area (Å²) in [5.74, 6) is -0.251. The van der Waals surface area contributed by atoms with E-state index in [1.165, 1.54) is 0 Å². The lowest BCUT2D eigenvalue weighted by molar-refractivity contribution is -0.152. The van der Waals surface area contributed by atoms with Crippen LogP contribution in [0.2, 0.25) is 18.1 Å². The largest absolute Gasteiger partial charge is 0.519 e. The molecule has 0 saturated carbocycles. The molecule has 2 rings (SSSR count). The molecule has 4 nitrogen and oxygen atoms in total. The second-order valence-electron chi connectivity index (χ2n) is 7.97. The zero-order chi connectivity index (χ0) is 19.7. The molecule has 1 aromatic rings. The Morgan fingerprint density at radius 3 is 2.35 bits per heavy atom. The van der Waals surface area contributed by atoms with Gasteiger partial charge < -0.3 is 14.6 Å². The van der Waals surface area contributed by atoms with Crippen molar-refractivity contribution in [2.75, 3.05) is 6.61 Å². The molecule has 2 atom stereocenters. The molecule has 0 aromatic heterocycles. The van der Waals surface area contributed by atoms with E-state index in [1.54, 1.807) is 0 Å². The van der Waals surface area contributed by atoms with Gasteiger partial charge in [-0.25, -0.2) is 0 Å². The Labute approximate surface area is 158 Å². The molecule has 1 aliphatic carbocycles. The molecule has 2 N–H and O–H groups in total. The normalized spacial score (nSPS) is 22.4. The second kappa shape index (κ2) is 7.83. The third-order valence-electron chi connectivity index (χ3n) is 6.57. The number of aliphatic hydroxyl groups excluding tert-OH is 2. The number of benzene rings is 1. The van der Waals surface area contributed by atoms with Gasteiger partial charge in [-0.1, -0.05) is 26.8 Å². The van der Waals surface area contributed by atoms with Crippen LogP contribution in [0.1, 0.15) is 61.6 Å². The highest BCUT2D eigenvalue weighted by Crippen LogP contribution is 2.49. The highest BCUT2D eigenvalue weighted by Gasteiger charge is 2.51. The lowest BCUT2D eigenvalue weighted by atomic mass is 9.84. The van der Waals surface area contributed by atoms with Gasteiger partial charge in [0.05, 0.1) is 11.5 Å². The minimum Gasteiger partial charge on any atom is -0.519 e. The smallest absolute Gasteiger partial charge is 0.301 e. The maximum atomic E-state index is 13.2. The first-order valence-electron chi connectivity index (χ1n) is 9.83. The van der Waals surface area contributed by atoms with Gasteiger partial charge in [0.25, 0.3) is 8.32 Å². The summed E-state index contributed by atoms with van der Waals surface area (Å²) in [5.41, 5.74) is 4.14. The summed E-state index contributed by atoms with van der Waals surface area (Å²) < 4.78 is 6.12. The summed E-state index contributed by atoms with van der Waals surface area (Å²) in [6, 6.07) is 4.79. The Balaban J connectivity index is 2.40. The van der Waals surface area contributed by atoms with Crippen LogP contribution in [-0.2, 0) is 22.1 Å². The van der Waals surface area contributed by atoms with Gasteiger partial charge in [-0.2, -0.15) is 0 Å². The summed E-state index contributed by atoms with van der Waals surface area (Å²) in [4.78, 5) is 13.2. The van der Waals surface area contributed by atoms with E-state index < -0.39 is 19.8 Å². The summed E-state index contributed by atoms with van der Waals surface area (Å²) in [6.07, 6.45) is 0.210. The van der Waals surface area contributed by atoms with Crippen LogP contribution in [0.25, 0.3) is 0 Å². The molecular formula is C21H34O4Si. The van der Waals surface area contributed by atoms with Crippen LogP contribution in [-0.4, -0.2) is 31.1 Å². The van der Waals surface area contributed by atoms with E-state index in [-0.39, 0.29) is 12.6 Å². The number of aliphatic hydroxyl groups is 2. The lowest BCUT2D eigenvalue weighted by Gasteiger charge is -2.34. The Morgan fingerprint density at radius 2 is 1.85 bits per heavy atom. The number of rotatable bonds is 7. The fourth-order valence-corrected chi connectivity index (χ4v) is 6.98. The molecule has 26 heavy (non-hydrogen) atoms. The maximum absolute atomic E-state index is 13.2. The molecule has 0 saturated heterocycles. The van der Waals surface area contributed by atoms with Crippen molar-refractivity contribution in [1.82, 2.24) is 0 Å². The monoisotopic (exact) mass is 378 g/mol. The average molecular weight is 379 g/mol. The van der Waals surface area contributed by atoms with Crippen molar-refractivity contribution in [1.29, 1.82) is 0 Å². The van der Waals surface area contributed by atoms with Crippen molar-refractivity contribution in [2.24, 2.45) is 5.41 Å².